The lowest BCUT2D eigenvalue weighted by molar-refractivity contribution is 0.322. The monoisotopic (exact) mass is 401 g/mol. The van der Waals surface area contributed by atoms with Gasteiger partial charge in [0, 0.05) is 18.0 Å². The van der Waals surface area contributed by atoms with Crippen molar-refractivity contribution >= 4 is 21.9 Å². The standard InChI is InChI=1S/C26H28FN3/c1-16(2)19-7-9-24-25(14-19)30-26(29-24)13-17-3-5-18(6-4-17)21-11-12-28-23-10-8-20(27)15-22(21)23/h7-12,14-18H,3-6,13H2,1-2H3,(H,29,30)/t17-,18-. The van der Waals surface area contributed by atoms with Crippen molar-refractivity contribution in [2.75, 3.05) is 0 Å². The zero-order valence-corrected chi connectivity index (χ0v) is 17.7. The van der Waals surface area contributed by atoms with Crippen molar-refractivity contribution in [3.05, 3.63) is 71.4 Å². The fraction of sp³-hybridized carbons (Fsp3) is 0.385. The molecule has 2 aromatic carbocycles. The van der Waals surface area contributed by atoms with Gasteiger partial charge < -0.3 is 4.98 Å². The van der Waals surface area contributed by atoms with E-state index in [9.17, 15) is 4.39 Å². The minimum Gasteiger partial charge on any atom is -0.342 e. The Hall–Kier alpha value is -2.75. The summed E-state index contributed by atoms with van der Waals surface area (Å²) in [6, 6.07) is 13.6. The number of fused-ring (bicyclic) bond motifs is 2. The highest BCUT2D eigenvalue weighted by Gasteiger charge is 2.25. The Morgan fingerprint density at radius 1 is 1.00 bits per heavy atom. The van der Waals surface area contributed by atoms with Gasteiger partial charge in [-0.1, -0.05) is 19.9 Å². The molecule has 1 saturated carbocycles. The van der Waals surface area contributed by atoms with Gasteiger partial charge in [0.15, 0.2) is 0 Å². The first kappa shape index (κ1) is 19.2. The number of halogens is 1. The van der Waals surface area contributed by atoms with Gasteiger partial charge in [-0.25, -0.2) is 9.37 Å². The van der Waals surface area contributed by atoms with Crippen LogP contribution in [0.3, 0.4) is 0 Å². The molecule has 0 atom stereocenters. The molecule has 1 fully saturated rings. The van der Waals surface area contributed by atoms with Crippen molar-refractivity contribution < 1.29 is 4.39 Å². The van der Waals surface area contributed by atoms with E-state index in [1.165, 1.54) is 30.0 Å². The average molecular weight is 402 g/mol. The van der Waals surface area contributed by atoms with Crippen molar-refractivity contribution in [1.29, 1.82) is 0 Å². The molecule has 30 heavy (non-hydrogen) atoms. The first-order valence-electron chi connectivity index (χ1n) is 11.1. The first-order valence-corrected chi connectivity index (χ1v) is 11.1. The SMILES string of the molecule is CC(C)c1ccc2[nH]c(C[C@H]3CC[C@H](c4ccnc5ccc(F)cc54)CC3)nc2c1. The fourth-order valence-electron chi connectivity index (χ4n) is 4.98. The molecule has 4 aromatic rings. The van der Waals surface area contributed by atoms with Crippen molar-refractivity contribution in [2.45, 2.75) is 57.8 Å². The molecule has 2 aromatic heterocycles. The van der Waals surface area contributed by atoms with Gasteiger partial charge in [0.05, 0.1) is 16.6 Å². The molecule has 154 valence electrons. The number of nitrogens with one attached hydrogen (secondary N) is 1. The Kier molecular flexibility index (Phi) is 5.01. The molecule has 0 bridgehead atoms. The van der Waals surface area contributed by atoms with Crippen LogP contribution in [0.1, 0.15) is 68.3 Å². The van der Waals surface area contributed by atoms with Crippen LogP contribution in [0.25, 0.3) is 21.9 Å². The quantitative estimate of drug-likeness (QED) is 0.404. The normalized spacial score (nSPS) is 19.7. The Morgan fingerprint density at radius 3 is 2.63 bits per heavy atom. The molecule has 0 unspecified atom stereocenters. The van der Waals surface area contributed by atoms with Gasteiger partial charge in [-0.05, 0) is 91.0 Å². The van der Waals surface area contributed by atoms with Crippen molar-refractivity contribution in [1.82, 2.24) is 15.0 Å². The van der Waals surface area contributed by atoms with E-state index in [1.54, 1.807) is 12.1 Å². The summed E-state index contributed by atoms with van der Waals surface area (Å²) in [5.41, 5.74) is 5.69. The van der Waals surface area contributed by atoms with E-state index in [0.29, 0.717) is 17.8 Å². The summed E-state index contributed by atoms with van der Waals surface area (Å²) < 4.78 is 13.8. The van der Waals surface area contributed by atoms with Crippen molar-refractivity contribution in [3.8, 4) is 0 Å². The van der Waals surface area contributed by atoms with Crippen LogP contribution in [0.5, 0.6) is 0 Å². The molecule has 1 N–H and O–H groups in total. The van der Waals surface area contributed by atoms with Crippen LogP contribution >= 0.6 is 0 Å². The Morgan fingerprint density at radius 2 is 1.83 bits per heavy atom. The predicted molar refractivity (Wildman–Crippen MR) is 120 cm³/mol. The molecule has 4 heteroatoms. The Balaban J connectivity index is 1.29. The molecular weight excluding hydrogens is 373 g/mol. The number of nitrogens with zero attached hydrogens (tertiary/aromatic N) is 2. The molecular formula is C26H28FN3. The highest BCUT2D eigenvalue weighted by Crippen LogP contribution is 2.39. The second-order valence-corrected chi connectivity index (χ2v) is 9.10. The lowest BCUT2D eigenvalue weighted by atomic mass is 9.77. The number of hydrogen-bond donors (Lipinski definition) is 1. The maximum Gasteiger partial charge on any atom is 0.123 e. The number of imidazole rings is 1. The van der Waals surface area contributed by atoms with E-state index in [4.69, 9.17) is 4.98 Å². The van der Waals surface area contributed by atoms with Crippen LogP contribution in [-0.4, -0.2) is 15.0 Å². The lowest BCUT2D eigenvalue weighted by Crippen LogP contribution is -2.16. The molecule has 5 rings (SSSR count). The molecule has 0 radical (unpaired) electrons. The predicted octanol–water partition coefficient (Wildman–Crippen LogP) is 6.89. The number of hydrogen-bond acceptors (Lipinski definition) is 2. The third-order valence-electron chi connectivity index (χ3n) is 6.73. The van der Waals surface area contributed by atoms with Crippen LogP contribution in [0.2, 0.25) is 0 Å². The molecule has 1 aliphatic rings. The summed E-state index contributed by atoms with van der Waals surface area (Å²) in [5, 5.41) is 0.971. The minimum absolute atomic E-state index is 0.184. The summed E-state index contributed by atoms with van der Waals surface area (Å²) in [6.45, 7) is 4.43. The fourth-order valence-corrected chi connectivity index (χ4v) is 4.98. The van der Waals surface area contributed by atoms with Gasteiger partial charge in [-0.2, -0.15) is 0 Å². The number of aromatic amines is 1. The summed E-state index contributed by atoms with van der Waals surface area (Å²) >= 11 is 0. The van der Waals surface area contributed by atoms with Crippen LogP contribution in [0.15, 0.2) is 48.7 Å². The average Bonchev–Trinajstić information content (AvgIpc) is 3.15. The van der Waals surface area contributed by atoms with E-state index >= 15 is 0 Å². The van der Waals surface area contributed by atoms with Crippen molar-refractivity contribution in [2.24, 2.45) is 5.92 Å². The number of H-pyrrole nitrogens is 1. The number of rotatable bonds is 4. The molecule has 0 spiro atoms. The second-order valence-electron chi connectivity index (χ2n) is 9.10. The number of benzene rings is 2. The van der Waals surface area contributed by atoms with Gasteiger partial charge in [-0.3, -0.25) is 4.98 Å². The Bertz CT molecular complexity index is 1190. The second kappa shape index (κ2) is 7.82. The van der Waals surface area contributed by atoms with Crippen LogP contribution in [0.4, 0.5) is 4.39 Å². The van der Waals surface area contributed by atoms with Crippen LogP contribution in [-0.2, 0) is 6.42 Å². The van der Waals surface area contributed by atoms with Crippen LogP contribution in [0, 0.1) is 11.7 Å². The maximum absolute atomic E-state index is 13.8. The van der Waals surface area contributed by atoms with E-state index in [2.05, 4.69) is 48.1 Å². The Labute approximate surface area is 176 Å². The van der Waals surface area contributed by atoms with Crippen LogP contribution < -0.4 is 0 Å². The largest absolute Gasteiger partial charge is 0.342 e. The lowest BCUT2D eigenvalue weighted by Gasteiger charge is -2.29. The summed E-state index contributed by atoms with van der Waals surface area (Å²) in [7, 11) is 0. The third-order valence-corrected chi connectivity index (χ3v) is 6.73. The van der Waals surface area contributed by atoms with E-state index in [0.717, 1.165) is 47.0 Å². The molecule has 2 heterocycles. The zero-order chi connectivity index (χ0) is 20.7. The van der Waals surface area contributed by atoms with E-state index in [1.807, 2.05) is 6.20 Å². The van der Waals surface area contributed by atoms with Crippen molar-refractivity contribution in [3.63, 3.8) is 0 Å². The summed E-state index contributed by atoms with van der Waals surface area (Å²) in [5.74, 6) is 2.57. The summed E-state index contributed by atoms with van der Waals surface area (Å²) in [6.07, 6.45) is 7.50. The molecule has 0 amide bonds. The minimum atomic E-state index is -0.184. The molecule has 3 nitrogen and oxygen atoms in total. The first-order chi connectivity index (χ1) is 14.6. The highest BCUT2D eigenvalue weighted by molar-refractivity contribution is 5.82. The number of pyridine rings is 1. The third kappa shape index (κ3) is 3.71. The van der Waals surface area contributed by atoms with Gasteiger partial charge in [0.25, 0.3) is 0 Å². The molecule has 1 aliphatic carbocycles. The highest BCUT2D eigenvalue weighted by atomic mass is 19.1. The van der Waals surface area contributed by atoms with Gasteiger partial charge in [-0.15, -0.1) is 0 Å². The van der Waals surface area contributed by atoms with Gasteiger partial charge in [0.2, 0.25) is 0 Å². The smallest absolute Gasteiger partial charge is 0.123 e. The van der Waals surface area contributed by atoms with Gasteiger partial charge >= 0.3 is 0 Å². The van der Waals surface area contributed by atoms with E-state index in [-0.39, 0.29) is 5.82 Å². The topological polar surface area (TPSA) is 41.6 Å². The molecule has 0 aliphatic heterocycles. The van der Waals surface area contributed by atoms with Gasteiger partial charge in [0.1, 0.15) is 11.6 Å². The maximum atomic E-state index is 13.8. The zero-order valence-electron chi connectivity index (χ0n) is 17.7. The number of aromatic nitrogens is 3. The summed E-state index contributed by atoms with van der Waals surface area (Å²) in [4.78, 5) is 12.8. The van der Waals surface area contributed by atoms with E-state index < -0.39 is 0 Å². The molecule has 0 saturated heterocycles.